The van der Waals surface area contributed by atoms with Crippen molar-refractivity contribution in [3.8, 4) is 0 Å². The molecule has 1 aromatic carbocycles. The molecule has 0 spiro atoms. The summed E-state index contributed by atoms with van der Waals surface area (Å²) in [5.74, 6) is -0.269. The van der Waals surface area contributed by atoms with Gasteiger partial charge in [0.1, 0.15) is 0 Å². The number of rotatable bonds is 4. The summed E-state index contributed by atoms with van der Waals surface area (Å²) in [5, 5.41) is 0. The molecule has 0 radical (unpaired) electrons. The van der Waals surface area contributed by atoms with E-state index < -0.39 is 10.6 Å². The smallest absolute Gasteiger partial charge is 0.266 e. The molecule has 0 saturated heterocycles. The highest BCUT2D eigenvalue weighted by Gasteiger charge is 2.12. The van der Waals surface area contributed by atoms with Crippen LogP contribution in [0.3, 0.4) is 0 Å². The summed E-state index contributed by atoms with van der Waals surface area (Å²) in [4.78, 5) is 12.2. The second-order valence-electron chi connectivity index (χ2n) is 3.80. The molecule has 0 aliphatic rings. The summed E-state index contributed by atoms with van der Waals surface area (Å²) in [6.45, 7) is 3.97. The molecule has 0 saturated carbocycles. The standard InChI is InChI=1S/C12H16INO2S/c1-3-4-11(13)12(15)14-17(16)10-7-5-9(2)6-8-10/h5-8,11,17H,3-4H2,1-2H3. The molecular weight excluding hydrogens is 349 g/mol. The van der Waals surface area contributed by atoms with Crippen LogP contribution in [0.2, 0.25) is 0 Å². The normalized spacial score (nSPS) is 14.5. The lowest BCUT2D eigenvalue weighted by Crippen LogP contribution is -2.10. The van der Waals surface area contributed by atoms with Crippen molar-refractivity contribution in [3.63, 3.8) is 0 Å². The van der Waals surface area contributed by atoms with Gasteiger partial charge in [-0.25, -0.2) is 4.21 Å². The van der Waals surface area contributed by atoms with Crippen LogP contribution in [0.15, 0.2) is 33.5 Å². The van der Waals surface area contributed by atoms with Gasteiger partial charge in [0.05, 0.1) is 14.5 Å². The SMILES string of the molecule is CCCC(I)C(=O)/N=[SH](=O)/c1ccc(C)cc1. The fraction of sp³-hybridized carbons (Fsp3) is 0.417. The van der Waals surface area contributed by atoms with Gasteiger partial charge in [0, 0.05) is 4.90 Å². The third-order valence-electron chi connectivity index (χ3n) is 2.25. The zero-order valence-electron chi connectivity index (χ0n) is 9.89. The molecule has 1 aromatic rings. The van der Waals surface area contributed by atoms with Crippen LogP contribution in [-0.2, 0) is 15.4 Å². The van der Waals surface area contributed by atoms with Crippen molar-refractivity contribution in [2.45, 2.75) is 35.5 Å². The Bertz CT molecular complexity index is 464. The highest BCUT2D eigenvalue weighted by molar-refractivity contribution is 14.1. The van der Waals surface area contributed by atoms with E-state index in [1.807, 2.05) is 26.0 Å². The largest absolute Gasteiger partial charge is 0.271 e. The number of aryl methyl sites for hydroxylation is 1. The quantitative estimate of drug-likeness (QED) is 0.506. The van der Waals surface area contributed by atoms with E-state index in [4.69, 9.17) is 0 Å². The second-order valence-corrected chi connectivity index (χ2v) is 6.57. The Hall–Kier alpha value is -0.430. The van der Waals surface area contributed by atoms with Gasteiger partial charge in [-0.15, -0.1) is 0 Å². The van der Waals surface area contributed by atoms with E-state index in [1.54, 1.807) is 12.1 Å². The van der Waals surface area contributed by atoms with E-state index in [1.165, 1.54) is 0 Å². The van der Waals surface area contributed by atoms with Crippen molar-refractivity contribution in [3.05, 3.63) is 29.8 Å². The molecule has 0 aromatic heterocycles. The van der Waals surface area contributed by atoms with Crippen LogP contribution in [0.1, 0.15) is 25.3 Å². The van der Waals surface area contributed by atoms with Crippen molar-refractivity contribution in [1.29, 1.82) is 0 Å². The Balaban J connectivity index is 2.82. The van der Waals surface area contributed by atoms with Gasteiger partial charge in [0.2, 0.25) is 0 Å². The molecule has 94 valence electrons. The first kappa shape index (κ1) is 14.6. The number of hydrogen-bond donors (Lipinski definition) is 1. The van der Waals surface area contributed by atoms with Gasteiger partial charge in [0.15, 0.2) is 0 Å². The zero-order chi connectivity index (χ0) is 12.8. The Labute approximate surface area is 117 Å². The van der Waals surface area contributed by atoms with Crippen LogP contribution in [-0.4, -0.2) is 14.0 Å². The minimum absolute atomic E-state index is 0.165. The predicted molar refractivity (Wildman–Crippen MR) is 79.1 cm³/mol. The lowest BCUT2D eigenvalue weighted by atomic mass is 10.2. The average molecular weight is 365 g/mol. The Morgan fingerprint density at radius 2 is 2.00 bits per heavy atom. The summed E-state index contributed by atoms with van der Waals surface area (Å²) in [5.41, 5.74) is 1.10. The van der Waals surface area contributed by atoms with Crippen molar-refractivity contribution in [2.75, 3.05) is 0 Å². The van der Waals surface area contributed by atoms with Gasteiger partial charge in [0.25, 0.3) is 5.91 Å². The molecule has 2 unspecified atom stereocenters. The van der Waals surface area contributed by atoms with Gasteiger partial charge >= 0.3 is 0 Å². The molecule has 2 atom stereocenters. The zero-order valence-corrected chi connectivity index (χ0v) is 12.9. The number of benzene rings is 1. The molecule has 1 rings (SSSR count). The molecular formula is C12H16INO2S. The molecule has 17 heavy (non-hydrogen) atoms. The monoisotopic (exact) mass is 365 g/mol. The van der Waals surface area contributed by atoms with E-state index in [9.17, 15) is 9.00 Å². The maximum absolute atomic E-state index is 11.8. The number of thiol groups is 1. The number of amides is 1. The van der Waals surface area contributed by atoms with Crippen molar-refractivity contribution < 1.29 is 9.00 Å². The first-order valence-corrected chi connectivity index (χ1v) is 7.94. The van der Waals surface area contributed by atoms with E-state index >= 15 is 0 Å². The molecule has 0 fully saturated rings. The minimum Gasteiger partial charge on any atom is -0.271 e. The van der Waals surface area contributed by atoms with Crippen molar-refractivity contribution in [2.24, 2.45) is 4.36 Å². The molecule has 0 heterocycles. The molecule has 0 aliphatic heterocycles. The molecule has 0 aliphatic carbocycles. The van der Waals surface area contributed by atoms with Crippen LogP contribution in [0.25, 0.3) is 0 Å². The van der Waals surface area contributed by atoms with Crippen molar-refractivity contribution in [1.82, 2.24) is 0 Å². The topological polar surface area (TPSA) is 46.5 Å². The maximum atomic E-state index is 11.8. The minimum atomic E-state index is -1.95. The molecule has 0 bridgehead atoms. The first-order chi connectivity index (χ1) is 8.04. The summed E-state index contributed by atoms with van der Waals surface area (Å²) >= 11 is 2.05. The van der Waals surface area contributed by atoms with E-state index in [2.05, 4.69) is 27.0 Å². The summed E-state index contributed by atoms with van der Waals surface area (Å²) < 4.78 is 15.4. The van der Waals surface area contributed by atoms with E-state index in [0.29, 0.717) is 4.90 Å². The molecule has 3 nitrogen and oxygen atoms in total. The van der Waals surface area contributed by atoms with Crippen LogP contribution in [0, 0.1) is 6.92 Å². The van der Waals surface area contributed by atoms with Gasteiger partial charge in [-0.2, -0.15) is 4.36 Å². The van der Waals surface area contributed by atoms with Gasteiger partial charge in [-0.3, -0.25) is 4.79 Å². The van der Waals surface area contributed by atoms with Gasteiger partial charge in [-0.05, 0) is 25.5 Å². The van der Waals surface area contributed by atoms with Gasteiger partial charge in [-0.1, -0.05) is 53.6 Å². The number of nitrogens with zero attached hydrogens (tertiary/aromatic N) is 1. The fourth-order valence-electron chi connectivity index (χ4n) is 1.26. The number of hydrogen-bond acceptors (Lipinski definition) is 2. The number of carbonyl (C=O) groups excluding carboxylic acids is 1. The highest BCUT2D eigenvalue weighted by atomic mass is 127. The van der Waals surface area contributed by atoms with Crippen LogP contribution in [0.4, 0.5) is 0 Å². The van der Waals surface area contributed by atoms with E-state index in [0.717, 1.165) is 18.4 Å². The lowest BCUT2D eigenvalue weighted by Gasteiger charge is -2.02. The highest BCUT2D eigenvalue weighted by Crippen LogP contribution is 2.12. The number of halogens is 1. The Morgan fingerprint density at radius 3 is 2.53 bits per heavy atom. The third-order valence-corrected chi connectivity index (χ3v) is 4.53. The van der Waals surface area contributed by atoms with Gasteiger partial charge < -0.3 is 0 Å². The summed E-state index contributed by atoms with van der Waals surface area (Å²) in [6, 6.07) is 7.26. The Morgan fingerprint density at radius 1 is 1.41 bits per heavy atom. The summed E-state index contributed by atoms with van der Waals surface area (Å²) in [7, 11) is -1.95. The first-order valence-electron chi connectivity index (χ1n) is 5.48. The second kappa shape index (κ2) is 7.10. The molecule has 0 N–H and O–H groups in total. The summed E-state index contributed by atoms with van der Waals surface area (Å²) in [6.07, 6.45) is 1.70. The Kier molecular flexibility index (Phi) is 6.11. The number of carbonyl (C=O) groups is 1. The van der Waals surface area contributed by atoms with E-state index in [-0.39, 0.29) is 9.83 Å². The molecule has 5 heteroatoms. The lowest BCUT2D eigenvalue weighted by molar-refractivity contribution is -0.116. The number of alkyl halides is 1. The van der Waals surface area contributed by atoms with Crippen LogP contribution >= 0.6 is 22.6 Å². The average Bonchev–Trinajstić information content (AvgIpc) is 2.30. The fourth-order valence-corrected chi connectivity index (χ4v) is 3.08. The maximum Gasteiger partial charge on any atom is 0.266 e. The third kappa shape index (κ3) is 4.75. The van der Waals surface area contributed by atoms with Crippen molar-refractivity contribution >= 4 is 39.1 Å². The predicted octanol–water partition coefficient (Wildman–Crippen LogP) is 3.15. The molecule has 1 amide bonds. The van der Waals surface area contributed by atoms with Crippen LogP contribution < -0.4 is 0 Å². The van der Waals surface area contributed by atoms with Crippen LogP contribution in [0.5, 0.6) is 0 Å².